The quantitative estimate of drug-likeness (QED) is 0.604. The number of carbonyl (C=O) groups excluding carboxylic acids is 1. The molecule has 1 aromatic rings. The van der Waals surface area contributed by atoms with Crippen LogP contribution in [0.25, 0.3) is 0 Å². The monoisotopic (exact) mass is 262 g/mol. The minimum absolute atomic E-state index is 0.174. The first-order valence-corrected chi connectivity index (χ1v) is 6.46. The van der Waals surface area contributed by atoms with Crippen LogP contribution in [0.5, 0.6) is 5.75 Å². The summed E-state index contributed by atoms with van der Waals surface area (Å²) in [5, 5.41) is 0. The Morgan fingerprint density at radius 3 is 2.79 bits per heavy atom. The first-order chi connectivity index (χ1) is 9.29. The molecule has 102 valence electrons. The topological polar surface area (TPSA) is 44.8 Å². The van der Waals surface area contributed by atoms with E-state index in [0.29, 0.717) is 11.3 Å². The molecule has 1 fully saturated rings. The van der Waals surface area contributed by atoms with Crippen molar-refractivity contribution in [3.8, 4) is 5.75 Å². The van der Waals surface area contributed by atoms with Gasteiger partial charge in [-0.2, -0.15) is 0 Å². The Hall–Kier alpha value is -1.81. The van der Waals surface area contributed by atoms with Gasteiger partial charge in [-0.1, -0.05) is 12.7 Å². The Kier molecular flexibility index (Phi) is 4.98. The van der Waals surface area contributed by atoms with Gasteiger partial charge in [-0.25, -0.2) is 4.79 Å². The van der Waals surface area contributed by atoms with Gasteiger partial charge in [0, 0.05) is 6.42 Å². The lowest BCUT2D eigenvalue weighted by molar-refractivity contribution is -0.105. The maximum atomic E-state index is 11.6. The van der Waals surface area contributed by atoms with Gasteiger partial charge in [-0.15, -0.1) is 0 Å². The number of esters is 1. The van der Waals surface area contributed by atoms with Gasteiger partial charge in [-0.3, -0.25) is 0 Å². The minimum atomic E-state index is -0.361. The molecule has 1 unspecified atom stereocenters. The molecule has 0 spiro atoms. The van der Waals surface area contributed by atoms with E-state index in [-0.39, 0.29) is 18.9 Å². The van der Waals surface area contributed by atoms with Crippen molar-refractivity contribution in [1.29, 1.82) is 0 Å². The predicted octanol–water partition coefficient (Wildman–Crippen LogP) is 2.93. The van der Waals surface area contributed by atoms with Crippen molar-refractivity contribution < 1.29 is 19.0 Å². The van der Waals surface area contributed by atoms with Crippen LogP contribution in [0, 0.1) is 0 Å². The molecule has 4 heteroatoms. The zero-order valence-corrected chi connectivity index (χ0v) is 10.8. The number of benzene rings is 1. The maximum absolute atomic E-state index is 11.6. The van der Waals surface area contributed by atoms with Crippen LogP contribution in [0.15, 0.2) is 36.9 Å². The second kappa shape index (κ2) is 6.95. The van der Waals surface area contributed by atoms with E-state index in [1.807, 2.05) is 0 Å². The summed E-state index contributed by atoms with van der Waals surface area (Å²) in [5.74, 6) is 0.340. The molecule has 19 heavy (non-hydrogen) atoms. The SMILES string of the molecule is C=CCOC(=O)c1ccc(OC2CCCCO2)cc1. The van der Waals surface area contributed by atoms with Gasteiger partial charge in [0.2, 0.25) is 0 Å². The van der Waals surface area contributed by atoms with Crippen LogP contribution in [0.3, 0.4) is 0 Å². The zero-order chi connectivity index (χ0) is 13.5. The fourth-order valence-corrected chi connectivity index (χ4v) is 1.84. The third-order valence-electron chi connectivity index (χ3n) is 2.83. The predicted molar refractivity (Wildman–Crippen MR) is 71.1 cm³/mol. The van der Waals surface area contributed by atoms with Gasteiger partial charge >= 0.3 is 5.97 Å². The molecule has 4 nitrogen and oxygen atoms in total. The van der Waals surface area contributed by atoms with Crippen LogP contribution in [0.1, 0.15) is 29.6 Å². The number of carbonyl (C=O) groups is 1. The van der Waals surface area contributed by atoms with Crippen molar-refractivity contribution in [1.82, 2.24) is 0 Å². The van der Waals surface area contributed by atoms with Crippen molar-refractivity contribution in [2.45, 2.75) is 25.6 Å². The second-order valence-corrected chi connectivity index (χ2v) is 4.33. The molecular weight excluding hydrogens is 244 g/mol. The molecule has 0 radical (unpaired) electrons. The van der Waals surface area contributed by atoms with Crippen LogP contribution >= 0.6 is 0 Å². The summed E-state index contributed by atoms with van der Waals surface area (Å²) in [6.45, 7) is 4.46. The fourth-order valence-electron chi connectivity index (χ4n) is 1.84. The van der Waals surface area contributed by atoms with Crippen molar-refractivity contribution in [2.24, 2.45) is 0 Å². The number of rotatable bonds is 5. The fraction of sp³-hybridized carbons (Fsp3) is 0.400. The lowest BCUT2D eigenvalue weighted by Crippen LogP contribution is -2.24. The van der Waals surface area contributed by atoms with Crippen LogP contribution in [0.2, 0.25) is 0 Å². The van der Waals surface area contributed by atoms with Crippen molar-refractivity contribution in [3.63, 3.8) is 0 Å². The third kappa shape index (κ3) is 4.10. The summed E-state index contributed by atoms with van der Waals surface area (Å²) < 4.78 is 16.1. The standard InChI is InChI=1S/C15H18O4/c1-2-10-18-15(16)12-6-8-13(9-7-12)19-14-5-3-4-11-17-14/h2,6-9,14H,1,3-5,10-11H2. The van der Waals surface area contributed by atoms with Gasteiger partial charge in [0.15, 0.2) is 6.29 Å². The van der Waals surface area contributed by atoms with Gasteiger partial charge in [-0.05, 0) is 37.1 Å². The first-order valence-electron chi connectivity index (χ1n) is 6.46. The molecule has 2 rings (SSSR count). The highest BCUT2D eigenvalue weighted by atomic mass is 16.7. The molecule has 0 aliphatic carbocycles. The van der Waals surface area contributed by atoms with E-state index in [2.05, 4.69) is 6.58 Å². The molecule has 0 N–H and O–H groups in total. The Balaban J connectivity index is 1.90. The normalized spacial score (nSPS) is 18.6. The Bertz CT molecular complexity index is 418. The van der Waals surface area contributed by atoms with Crippen LogP contribution in [-0.4, -0.2) is 25.5 Å². The smallest absolute Gasteiger partial charge is 0.338 e. The summed E-state index contributed by atoms with van der Waals surface area (Å²) in [4.78, 5) is 11.6. The third-order valence-corrected chi connectivity index (χ3v) is 2.83. The van der Waals surface area contributed by atoms with Gasteiger partial charge in [0.05, 0.1) is 12.2 Å². The van der Waals surface area contributed by atoms with Crippen molar-refractivity contribution in [2.75, 3.05) is 13.2 Å². The molecule has 0 bridgehead atoms. The Morgan fingerprint density at radius 1 is 1.37 bits per heavy atom. The van der Waals surface area contributed by atoms with E-state index in [1.54, 1.807) is 24.3 Å². The van der Waals surface area contributed by atoms with E-state index >= 15 is 0 Å². The van der Waals surface area contributed by atoms with Crippen LogP contribution in [-0.2, 0) is 9.47 Å². The molecule has 1 aromatic carbocycles. The zero-order valence-electron chi connectivity index (χ0n) is 10.8. The summed E-state index contributed by atoms with van der Waals surface area (Å²) in [6.07, 6.45) is 4.48. The lowest BCUT2D eigenvalue weighted by atomic mass is 10.2. The highest BCUT2D eigenvalue weighted by Crippen LogP contribution is 2.19. The molecule has 1 saturated heterocycles. The summed E-state index contributed by atoms with van der Waals surface area (Å²) in [5.41, 5.74) is 0.499. The van der Waals surface area contributed by atoms with Crippen LogP contribution in [0.4, 0.5) is 0 Å². The molecule has 1 heterocycles. The number of hydrogen-bond donors (Lipinski definition) is 0. The van der Waals surface area contributed by atoms with Gasteiger partial charge in [0.25, 0.3) is 0 Å². The lowest BCUT2D eigenvalue weighted by Gasteiger charge is -2.23. The van der Waals surface area contributed by atoms with E-state index in [4.69, 9.17) is 14.2 Å². The Morgan fingerprint density at radius 2 is 2.16 bits per heavy atom. The van der Waals surface area contributed by atoms with Gasteiger partial charge < -0.3 is 14.2 Å². The average molecular weight is 262 g/mol. The molecule has 1 aliphatic heterocycles. The molecule has 1 atom stereocenters. The number of ether oxygens (including phenoxy) is 3. The van der Waals surface area contributed by atoms with Crippen molar-refractivity contribution in [3.05, 3.63) is 42.5 Å². The number of hydrogen-bond acceptors (Lipinski definition) is 4. The van der Waals surface area contributed by atoms with E-state index < -0.39 is 0 Å². The molecule has 1 aliphatic rings. The Labute approximate surface area is 113 Å². The molecule has 0 aromatic heterocycles. The highest BCUT2D eigenvalue weighted by Gasteiger charge is 2.15. The van der Waals surface area contributed by atoms with Crippen molar-refractivity contribution >= 4 is 5.97 Å². The van der Waals surface area contributed by atoms with E-state index in [0.717, 1.165) is 25.9 Å². The summed E-state index contributed by atoms with van der Waals surface area (Å²) in [7, 11) is 0. The molecular formula is C15H18O4. The minimum Gasteiger partial charge on any atom is -0.465 e. The summed E-state index contributed by atoms with van der Waals surface area (Å²) >= 11 is 0. The average Bonchev–Trinajstić information content (AvgIpc) is 2.46. The van der Waals surface area contributed by atoms with Gasteiger partial charge in [0.1, 0.15) is 12.4 Å². The maximum Gasteiger partial charge on any atom is 0.338 e. The van der Waals surface area contributed by atoms with E-state index in [1.165, 1.54) is 6.08 Å². The highest BCUT2D eigenvalue weighted by molar-refractivity contribution is 5.89. The van der Waals surface area contributed by atoms with E-state index in [9.17, 15) is 4.79 Å². The molecule has 0 amide bonds. The van der Waals surface area contributed by atoms with Crippen LogP contribution < -0.4 is 4.74 Å². The molecule has 0 saturated carbocycles. The first kappa shape index (κ1) is 13.6. The summed E-state index contributed by atoms with van der Waals surface area (Å²) in [6, 6.07) is 6.87. The largest absolute Gasteiger partial charge is 0.465 e. The second-order valence-electron chi connectivity index (χ2n) is 4.33.